The van der Waals surface area contributed by atoms with Crippen molar-refractivity contribution >= 4 is 0 Å². The van der Waals surface area contributed by atoms with Crippen LogP contribution in [0.4, 0.5) is 0 Å². The molecular weight excluding hydrogens is 164 g/mol. The summed E-state index contributed by atoms with van der Waals surface area (Å²) in [5.74, 6) is 0. The Labute approximate surface area is 77.9 Å². The van der Waals surface area contributed by atoms with Gasteiger partial charge in [0.05, 0.1) is 12.5 Å². The van der Waals surface area contributed by atoms with Crippen LogP contribution in [0.25, 0.3) is 0 Å². The van der Waals surface area contributed by atoms with E-state index in [0.29, 0.717) is 5.41 Å². The van der Waals surface area contributed by atoms with Crippen molar-refractivity contribution in [2.45, 2.75) is 25.7 Å². The molecule has 2 heteroatoms. The first-order valence-electron chi connectivity index (χ1n) is 5.00. The van der Waals surface area contributed by atoms with E-state index in [4.69, 9.17) is 9.15 Å². The quantitative estimate of drug-likeness (QED) is 0.607. The summed E-state index contributed by atoms with van der Waals surface area (Å²) in [4.78, 5) is 0. The summed E-state index contributed by atoms with van der Waals surface area (Å²) in [6.45, 7) is 1.89. The van der Waals surface area contributed by atoms with Gasteiger partial charge in [0.15, 0.2) is 0 Å². The Balaban J connectivity index is 1.86. The number of furan rings is 1. The fourth-order valence-corrected chi connectivity index (χ4v) is 2.69. The molecule has 0 radical (unpaired) electrons. The van der Waals surface area contributed by atoms with Crippen molar-refractivity contribution in [1.29, 1.82) is 0 Å². The molecule has 70 valence electrons. The van der Waals surface area contributed by atoms with Gasteiger partial charge in [-0.2, -0.15) is 0 Å². The lowest BCUT2D eigenvalue weighted by molar-refractivity contribution is 0.0194. The Kier molecular flexibility index (Phi) is 1.53. The van der Waals surface area contributed by atoms with E-state index in [2.05, 4.69) is 0 Å². The maximum atomic E-state index is 5.41. The second-order valence-corrected chi connectivity index (χ2v) is 4.39. The highest BCUT2D eigenvalue weighted by atomic mass is 16.5. The molecule has 13 heavy (non-hydrogen) atoms. The van der Waals surface area contributed by atoms with Gasteiger partial charge in [0.1, 0.15) is 0 Å². The number of hydrogen-bond donors (Lipinski definition) is 0. The normalized spacial score (nSPS) is 24.9. The second-order valence-electron chi connectivity index (χ2n) is 4.39. The van der Waals surface area contributed by atoms with Crippen LogP contribution < -0.4 is 0 Å². The zero-order chi connectivity index (χ0) is 8.73. The van der Waals surface area contributed by atoms with Gasteiger partial charge in [-0.3, -0.25) is 0 Å². The van der Waals surface area contributed by atoms with E-state index in [1.807, 2.05) is 12.5 Å². The Hall–Kier alpha value is -0.760. The number of ether oxygens (including phenoxy) is 1. The molecule has 0 bridgehead atoms. The maximum Gasteiger partial charge on any atom is 0.0937 e. The van der Waals surface area contributed by atoms with Gasteiger partial charge in [-0.15, -0.1) is 0 Å². The summed E-state index contributed by atoms with van der Waals surface area (Å²) >= 11 is 0. The van der Waals surface area contributed by atoms with Crippen LogP contribution in [-0.4, -0.2) is 13.2 Å². The van der Waals surface area contributed by atoms with E-state index in [-0.39, 0.29) is 0 Å². The second kappa shape index (κ2) is 2.61. The predicted octanol–water partition coefficient (Wildman–Crippen LogP) is 2.17. The topological polar surface area (TPSA) is 22.4 Å². The van der Waals surface area contributed by atoms with Gasteiger partial charge in [0.25, 0.3) is 0 Å². The fraction of sp³-hybridized carbons (Fsp3) is 0.636. The van der Waals surface area contributed by atoms with E-state index in [0.717, 1.165) is 13.2 Å². The summed E-state index contributed by atoms with van der Waals surface area (Å²) in [5.41, 5.74) is 3.39. The lowest BCUT2D eigenvalue weighted by Crippen LogP contribution is -2.30. The summed E-state index contributed by atoms with van der Waals surface area (Å²) in [7, 11) is 0. The number of hydrogen-bond acceptors (Lipinski definition) is 2. The summed E-state index contributed by atoms with van der Waals surface area (Å²) in [6, 6.07) is 0. The molecule has 1 aromatic heterocycles. The van der Waals surface area contributed by atoms with Crippen molar-refractivity contribution in [2.24, 2.45) is 5.41 Å². The molecule has 1 aliphatic carbocycles. The molecule has 0 unspecified atom stereocenters. The molecule has 1 aliphatic heterocycles. The van der Waals surface area contributed by atoms with Crippen molar-refractivity contribution < 1.29 is 9.15 Å². The molecule has 0 aromatic carbocycles. The van der Waals surface area contributed by atoms with Crippen LogP contribution in [0.3, 0.4) is 0 Å². The lowest BCUT2D eigenvalue weighted by atomic mass is 9.78. The molecule has 1 spiro atoms. The third kappa shape index (κ3) is 1.12. The molecule has 2 aliphatic rings. The molecule has 0 saturated carbocycles. The summed E-state index contributed by atoms with van der Waals surface area (Å²) < 4.78 is 10.6. The first-order valence-corrected chi connectivity index (χ1v) is 5.00. The first-order chi connectivity index (χ1) is 6.38. The van der Waals surface area contributed by atoms with Crippen molar-refractivity contribution in [3.63, 3.8) is 0 Å². The molecule has 1 aromatic rings. The van der Waals surface area contributed by atoms with Crippen molar-refractivity contribution in [2.75, 3.05) is 13.2 Å². The van der Waals surface area contributed by atoms with Gasteiger partial charge in [0, 0.05) is 13.2 Å². The van der Waals surface area contributed by atoms with Crippen LogP contribution in [-0.2, 0) is 17.6 Å². The lowest BCUT2D eigenvalue weighted by Gasteiger charge is -2.33. The predicted molar refractivity (Wildman–Crippen MR) is 48.6 cm³/mol. The van der Waals surface area contributed by atoms with Gasteiger partial charge >= 0.3 is 0 Å². The standard InChI is InChI=1S/C11H14O2/c1-3-12-4-2-11(1)5-9-7-13-8-10(9)6-11/h7-8H,1-6H2. The zero-order valence-electron chi connectivity index (χ0n) is 7.71. The summed E-state index contributed by atoms with van der Waals surface area (Å²) in [5, 5.41) is 0. The third-order valence-electron chi connectivity index (χ3n) is 3.52. The van der Waals surface area contributed by atoms with Crippen LogP contribution in [0.2, 0.25) is 0 Å². The molecule has 2 nitrogen and oxygen atoms in total. The highest BCUT2D eigenvalue weighted by Gasteiger charge is 2.39. The van der Waals surface area contributed by atoms with Crippen LogP contribution in [0.15, 0.2) is 16.9 Å². The minimum absolute atomic E-state index is 0.527. The minimum Gasteiger partial charge on any atom is -0.472 e. The average molecular weight is 178 g/mol. The van der Waals surface area contributed by atoms with E-state index in [9.17, 15) is 0 Å². The molecule has 2 heterocycles. The van der Waals surface area contributed by atoms with Crippen LogP contribution in [0.1, 0.15) is 24.0 Å². The largest absolute Gasteiger partial charge is 0.472 e. The number of rotatable bonds is 0. The van der Waals surface area contributed by atoms with Crippen LogP contribution in [0, 0.1) is 5.41 Å². The Bertz CT molecular complexity index is 285. The van der Waals surface area contributed by atoms with Gasteiger partial charge in [0.2, 0.25) is 0 Å². The van der Waals surface area contributed by atoms with Crippen molar-refractivity contribution in [1.82, 2.24) is 0 Å². The fourth-order valence-electron chi connectivity index (χ4n) is 2.69. The molecule has 1 saturated heterocycles. The van der Waals surface area contributed by atoms with Crippen LogP contribution >= 0.6 is 0 Å². The maximum absolute atomic E-state index is 5.41. The van der Waals surface area contributed by atoms with Gasteiger partial charge in [-0.05, 0) is 42.2 Å². The SMILES string of the molecule is c1occ2c1CC1(CCOCC1)C2. The van der Waals surface area contributed by atoms with Crippen molar-refractivity contribution in [3.05, 3.63) is 23.7 Å². The highest BCUT2D eigenvalue weighted by Crippen LogP contribution is 2.44. The highest BCUT2D eigenvalue weighted by molar-refractivity contribution is 5.30. The van der Waals surface area contributed by atoms with Crippen molar-refractivity contribution in [3.8, 4) is 0 Å². The van der Waals surface area contributed by atoms with E-state index >= 15 is 0 Å². The van der Waals surface area contributed by atoms with E-state index < -0.39 is 0 Å². The average Bonchev–Trinajstić information content (AvgIpc) is 2.64. The van der Waals surface area contributed by atoms with E-state index in [1.165, 1.54) is 36.8 Å². The molecule has 0 atom stereocenters. The van der Waals surface area contributed by atoms with E-state index in [1.54, 1.807) is 0 Å². The smallest absolute Gasteiger partial charge is 0.0937 e. The Morgan fingerprint density at radius 1 is 1.00 bits per heavy atom. The molecule has 3 rings (SSSR count). The molecule has 0 N–H and O–H groups in total. The molecule has 0 amide bonds. The third-order valence-corrected chi connectivity index (χ3v) is 3.52. The number of fused-ring (bicyclic) bond motifs is 1. The summed E-state index contributed by atoms with van der Waals surface area (Å²) in [6.07, 6.45) is 8.70. The first kappa shape index (κ1) is 7.63. The molecule has 1 fully saturated rings. The minimum atomic E-state index is 0.527. The zero-order valence-corrected chi connectivity index (χ0v) is 7.71. The van der Waals surface area contributed by atoms with Gasteiger partial charge in [-0.25, -0.2) is 0 Å². The van der Waals surface area contributed by atoms with Gasteiger partial charge in [-0.1, -0.05) is 0 Å². The monoisotopic (exact) mass is 178 g/mol. The Morgan fingerprint density at radius 2 is 1.62 bits per heavy atom. The Morgan fingerprint density at radius 3 is 2.23 bits per heavy atom. The van der Waals surface area contributed by atoms with Crippen LogP contribution in [0.5, 0.6) is 0 Å². The van der Waals surface area contributed by atoms with Gasteiger partial charge < -0.3 is 9.15 Å². The molecular formula is C11H14O2.